The van der Waals surface area contributed by atoms with Gasteiger partial charge in [0.05, 0.1) is 12.5 Å². The second kappa shape index (κ2) is 5.79. The van der Waals surface area contributed by atoms with Crippen molar-refractivity contribution in [1.29, 1.82) is 0 Å². The number of hydrogen-bond acceptors (Lipinski definition) is 2. The maximum Gasteiger partial charge on any atom is 0.305 e. The van der Waals surface area contributed by atoms with Crippen molar-refractivity contribution < 1.29 is 14.7 Å². The third-order valence-electron chi connectivity index (χ3n) is 4.66. The molecule has 2 saturated carbocycles. The number of hydrogen-bond donors (Lipinski definition) is 2. The van der Waals surface area contributed by atoms with Gasteiger partial charge in [-0.1, -0.05) is 34.5 Å². The molecule has 3 atom stereocenters. The van der Waals surface area contributed by atoms with Crippen molar-refractivity contribution in [2.24, 2.45) is 17.8 Å². The number of carboxylic acid groups (broad SMARTS) is 1. The summed E-state index contributed by atoms with van der Waals surface area (Å²) in [5, 5.41) is 12.0. The second-order valence-corrected chi connectivity index (χ2v) is 6.91. The summed E-state index contributed by atoms with van der Waals surface area (Å²) in [5.41, 5.74) is 0.825. The lowest BCUT2D eigenvalue weighted by molar-refractivity contribution is -0.137. The lowest BCUT2D eigenvalue weighted by Crippen LogP contribution is -2.32. The van der Waals surface area contributed by atoms with Gasteiger partial charge in [0.15, 0.2) is 0 Å². The Bertz CT molecular complexity index is 564. The van der Waals surface area contributed by atoms with E-state index in [1.165, 1.54) is 6.42 Å². The van der Waals surface area contributed by atoms with Crippen molar-refractivity contribution in [1.82, 2.24) is 5.32 Å². The lowest BCUT2D eigenvalue weighted by atomic mass is 10.0. The molecule has 0 bridgehead atoms. The summed E-state index contributed by atoms with van der Waals surface area (Å²) in [6.45, 7) is 0. The zero-order valence-electron chi connectivity index (χ0n) is 11.6. The van der Waals surface area contributed by atoms with Crippen LogP contribution in [0.15, 0.2) is 28.7 Å². The summed E-state index contributed by atoms with van der Waals surface area (Å²) in [6, 6.07) is 6.99. The van der Waals surface area contributed by atoms with Crippen LogP contribution in [-0.2, 0) is 9.59 Å². The van der Waals surface area contributed by atoms with Gasteiger partial charge >= 0.3 is 5.97 Å². The van der Waals surface area contributed by atoms with Crippen LogP contribution in [0, 0.1) is 17.8 Å². The van der Waals surface area contributed by atoms with Gasteiger partial charge in [-0.15, -0.1) is 0 Å². The van der Waals surface area contributed by atoms with Crippen molar-refractivity contribution in [2.45, 2.75) is 31.7 Å². The number of halogens is 1. The van der Waals surface area contributed by atoms with Gasteiger partial charge in [-0.2, -0.15) is 0 Å². The molecule has 112 valence electrons. The minimum Gasteiger partial charge on any atom is -0.481 e. The molecule has 5 heteroatoms. The van der Waals surface area contributed by atoms with Crippen LogP contribution >= 0.6 is 15.9 Å². The molecule has 3 unspecified atom stereocenters. The average molecular weight is 352 g/mol. The largest absolute Gasteiger partial charge is 0.481 e. The molecule has 2 fully saturated rings. The predicted molar refractivity (Wildman–Crippen MR) is 81.6 cm³/mol. The van der Waals surface area contributed by atoms with Gasteiger partial charge in [-0.05, 0) is 42.4 Å². The Morgan fingerprint density at radius 3 is 2.67 bits per heavy atom. The van der Waals surface area contributed by atoms with E-state index in [-0.39, 0.29) is 18.2 Å². The van der Waals surface area contributed by atoms with Gasteiger partial charge < -0.3 is 10.4 Å². The summed E-state index contributed by atoms with van der Waals surface area (Å²) in [5.74, 6) is 0.311. The van der Waals surface area contributed by atoms with Crippen LogP contribution in [-0.4, -0.2) is 17.0 Å². The second-order valence-electron chi connectivity index (χ2n) is 6.00. The molecule has 3 rings (SSSR count). The summed E-state index contributed by atoms with van der Waals surface area (Å²) >= 11 is 3.38. The molecular formula is C16H18BrNO3. The molecule has 0 spiro atoms. The fraction of sp³-hybridized carbons (Fsp3) is 0.500. The van der Waals surface area contributed by atoms with E-state index in [1.807, 2.05) is 24.3 Å². The van der Waals surface area contributed by atoms with Crippen molar-refractivity contribution >= 4 is 27.8 Å². The molecule has 2 aliphatic rings. The van der Waals surface area contributed by atoms with Crippen LogP contribution in [0.4, 0.5) is 0 Å². The highest BCUT2D eigenvalue weighted by molar-refractivity contribution is 9.10. The zero-order valence-corrected chi connectivity index (χ0v) is 13.2. The quantitative estimate of drug-likeness (QED) is 0.856. The fourth-order valence-electron chi connectivity index (χ4n) is 3.63. The number of amides is 1. The van der Waals surface area contributed by atoms with Crippen molar-refractivity contribution in [2.75, 3.05) is 0 Å². The van der Waals surface area contributed by atoms with Gasteiger partial charge in [-0.3, -0.25) is 9.59 Å². The smallest absolute Gasteiger partial charge is 0.305 e. The Labute approximate surface area is 132 Å². The lowest BCUT2D eigenvalue weighted by Gasteiger charge is -2.18. The molecule has 4 nitrogen and oxygen atoms in total. The van der Waals surface area contributed by atoms with Crippen molar-refractivity contribution in [3.8, 4) is 0 Å². The topological polar surface area (TPSA) is 66.4 Å². The number of benzene rings is 1. The molecular weight excluding hydrogens is 334 g/mol. The van der Waals surface area contributed by atoms with Crippen LogP contribution in [0.3, 0.4) is 0 Å². The number of aliphatic carboxylic acids is 1. The van der Waals surface area contributed by atoms with E-state index in [9.17, 15) is 9.59 Å². The molecule has 2 N–H and O–H groups in total. The molecule has 1 aromatic carbocycles. The summed E-state index contributed by atoms with van der Waals surface area (Å²) < 4.78 is 0.882. The highest BCUT2D eigenvalue weighted by atomic mass is 79.9. The van der Waals surface area contributed by atoms with Crippen LogP contribution in [0.1, 0.15) is 37.3 Å². The van der Waals surface area contributed by atoms with Gasteiger partial charge in [0.1, 0.15) is 0 Å². The van der Waals surface area contributed by atoms with E-state index in [2.05, 4.69) is 21.2 Å². The Morgan fingerprint density at radius 1 is 1.33 bits per heavy atom. The number of carbonyl (C=O) groups excluding carboxylic acids is 1. The third-order valence-corrected chi connectivity index (χ3v) is 5.15. The first-order chi connectivity index (χ1) is 10.1. The van der Waals surface area contributed by atoms with Crippen LogP contribution < -0.4 is 5.32 Å². The van der Waals surface area contributed by atoms with Crippen LogP contribution in [0.2, 0.25) is 0 Å². The normalized spacial score (nSPS) is 27.8. The van der Waals surface area contributed by atoms with E-state index in [0.29, 0.717) is 11.8 Å². The molecule has 0 aliphatic heterocycles. The molecule has 0 radical (unpaired) electrons. The SMILES string of the molecule is O=C(O)CC(NC(=O)C1C2CCCC21)c1cccc(Br)c1. The maximum absolute atomic E-state index is 12.4. The van der Waals surface area contributed by atoms with Gasteiger partial charge in [-0.25, -0.2) is 0 Å². The van der Waals surface area contributed by atoms with Crippen LogP contribution in [0.25, 0.3) is 0 Å². The summed E-state index contributed by atoms with van der Waals surface area (Å²) in [7, 11) is 0. The summed E-state index contributed by atoms with van der Waals surface area (Å²) in [4.78, 5) is 23.4. The van der Waals surface area contributed by atoms with Crippen LogP contribution in [0.5, 0.6) is 0 Å². The molecule has 0 saturated heterocycles. The van der Waals surface area contributed by atoms with Crippen molar-refractivity contribution in [3.63, 3.8) is 0 Å². The minimum atomic E-state index is -0.906. The fourth-order valence-corrected chi connectivity index (χ4v) is 4.05. The number of fused-ring (bicyclic) bond motifs is 1. The van der Waals surface area contributed by atoms with Gasteiger partial charge in [0.25, 0.3) is 0 Å². The number of rotatable bonds is 5. The van der Waals surface area contributed by atoms with E-state index >= 15 is 0 Å². The zero-order chi connectivity index (χ0) is 15.0. The standard InChI is InChI=1S/C16H18BrNO3/c17-10-4-1-3-9(7-10)13(8-14(19)20)18-16(21)15-11-5-2-6-12(11)15/h1,3-4,7,11-13,15H,2,5-6,8H2,(H,18,21)(H,19,20). The number of carboxylic acids is 1. The molecule has 1 aromatic rings. The first kappa shape index (κ1) is 14.6. The van der Waals surface area contributed by atoms with E-state index in [1.54, 1.807) is 0 Å². The predicted octanol–water partition coefficient (Wildman–Crippen LogP) is 3.13. The summed E-state index contributed by atoms with van der Waals surface area (Å²) in [6.07, 6.45) is 3.42. The first-order valence-electron chi connectivity index (χ1n) is 7.34. The van der Waals surface area contributed by atoms with Gasteiger partial charge in [0.2, 0.25) is 5.91 Å². The van der Waals surface area contributed by atoms with E-state index in [4.69, 9.17) is 5.11 Å². The number of carbonyl (C=O) groups is 2. The molecule has 1 amide bonds. The Hall–Kier alpha value is -1.36. The average Bonchev–Trinajstić information content (AvgIpc) is 2.91. The maximum atomic E-state index is 12.4. The monoisotopic (exact) mass is 351 g/mol. The molecule has 0 heterocycles. The highest BCUT2D eigenvalue weighted by Crippen LogP contribution is 2.57. The van der Waals surface area contributed by atoms with Gasteiger partial charge in [0, 0.05) is 10.4 Å². The number of nitrogens with one attached hydrogen (secondary N) is 1. The molecule has 2 aliphatic carbocycles. The van der Waals surface area contributed by atoms with E-state index < -0.39 is 12.0 Å². The molecule has 0 aromatic heterocycles. The minimum absolute atomic E-state index is 0.0240. The third kappa shape index (κ3) is 3.12. The first-order valence-corrected chi connectivity index (χ1v) is 8.13. The Balaban J connectivity index is 1.70. The highest BCUT2D eigenvalue weighted by Gasteiger charge is 2.56. The van der Waals surface area contributed by atoms with E-state index in [0.717, 1.165) is 22.9 Å². The Morgan fingerprint density at radius 2 is 2.05 bits per heavy atom. The molecule has 21 heavy (non-hydrogen) atoms. The van der Waals surface area contributed by atoms with Crippen molar-refractivity contribution in [3.05, 3.63) is 34.3 Å². The Kier molecular flexibility index (Phi) is 4.02.